The summed E-state index contributed by atoms with van der Waals surface area (Å²) in [6.45, 7) is 1.34. The van der Waals surface area contributed by atoms with E-state index in [4.69, 9.17) is 9.84 Å². The smallest absolute Gasteiger partial charge is 0.335 e. The number of carboxylic acids is 1. The summed E-state index contributed by atoms with van der Waals surface area (Å²) in [5.74, 6) is -3.15. The van der Waals surface area contributed by atoms with Gasteiger partial charge in [-0.2, -0.15) is 0 Å². The maximum Gasteiger partial charge on any atom is 0.335 e. The van der Waals surface area contributed by atoms with E-state index in [1.54, 1.807) is 23.5 Å². The summed E-state index contributed by atoms with van der Waals surface area (Å²) in [7, 11) is 1.49. The van der Waals surface area contributed by atoms with Gasteiger partial charge in [-0.05, 0) is 30.2 Å². The Kier molecular flexibility index (Phi) is 5.50. The van der Waals surface area contributed by atoms with Crippen molar-refractivity contribution >= 4 is 40.7 Å². The van der Waals surface area contributed by atoms with E-state index in [0.717, 1.165) is 21.2 Å². The molecule has 0 radical (unpaired) electrons. The molecule has 1 aromatic carbocycles. The number of alkyl halides is 2. The third-order valence-electron chi connectivity index (χ3n) is 4.84. The van der Waals surface area contributed by atoms with Crippen LogP contribution in [0.1, 0.15) is 45.2 Å². The van der Waals surface area contributed by atoms with Crippen LogP contribution in [0.15, 0.2) is 24.3 Å². The molecule has 0 bridgehead atoms. The van der Waals surface area contributed by atoms with Crippen LogP contribution in [0, 0.1) is 0 Å². The number of carboxylic acid groups (broad SMARTS) is 1. The minimum atomic E-state index is -2.59. The van der Waals surface area contributed by atoms with Crippen LogP contribution in [0.25, 0.3) is 5.57 Å². The summed E-state index contributed by atoms with van der Waals surface area (Å²) in [4.78, 5) is 16.9. The van der Waals surface area contributed by atoms with Crippen molar-refractivity contribution in [2.24, 2.45) is 0 Å². The van der Waals surface area contributed by atoms with E-state index in [2.05, 4.69) is 14.0 Å². The van der Waals surface area contributed by atoms with Gasteiger partial charge in [-0.3, -0.25) is 0 Å². The molecule has 1 aliphatic heterocycles. The van der Waals surface area contributed by atoms with Gasteiger partial charge >= 0.3 is 5.97 Å². The first-order valence-electron chi connectivity index (χ1n) is 9.00. The van der Waals surface area contributed by atoms with Gasteiger partial charge in [-0.25, -0.2) is 22.9 Å². The first-order valence-corrected chi connectivity index (χ1v) is 10.6. The number of benzene rings is 1. The molecule has 4 rings (SSSR count). The molecule has 6 nitrogen and oxygen atoms in total. The third kappa shape index (κ3) is 4.39. The zero-order chi connectivity index (χ0) is 20.6. The normalized spacial score (nSPS) is 18.2. The number of rotatable bonds is 6. The summed E-state index contributed by atoms with van der Waals surface area (Å²) in [6.07, 6.45) is 1.67. The lowest BCUT2D eigenvalue weighted by Crippen LogP contribution is -2.18. The Morgan fingerprint density at radius 3 is 2.90 bits per heavy atom. The number of thiazole rings is 1. The highest BCUT2D eigenvalue weighted by molar-refractivity contribution is 7.98. The molecule has 154 valence electrons. The van der Waals surface area contributed by atoms with Crippen molar-refractivity contribution in [1.82, 2.24) is 9.29 Å². The number of methoxy groups -OCH3 is 1. The first kappa shape index (κ1) is 20.1. The zero-order valence-electron chi connectivity index (χ0n) is 15.6. The van der Waals surface area contributed by atoms with Crippen molar-refractivity contribution < 1.29 is 23.4 Å². The van der Waals surface area contributed by atoms with E-state index in [1.165, 1.54) is 31.4 Å². The fourth-order valence-electron chi connectivity index (χ4n) is 3.23. The molecule has 0 saturated carbocycles. The molecule has 29 heavy (non-hydrogen) atoms. The zero-order valence-corrected chi connectivity index (χ0v) is 17.2. The van der Waals surface area contributed by atoms with Crippen molar-refractivity contribution in [2.75, 3.05) is 11.8 Å². The van der Waals surface area contributed by atoms with E-state index in [9.17, 15) is 13.6 Å². The number of fused-ring (bicyclic) bond motifs is 1. The predicted molar refractivity (Wildman–Crippen MR) is 109 cm³/mol. The Hall–Kier alpha value is -2.17. The first-order chi connectivity index (χ1) is 13.8. The maximum atomic E-state index is 13.3. The number of ether oxygens (including phenoxy) is 1. The summed E-state index contributed by atoms with van der Waals surface area (Å²) in [5, 5.41) is 9.94. The van der Waals surface area contributed by atoms with Crippen LogP contribution in [0.3, 0.4) is 0 Å². The molecule has 1 aromatic heterocycles. The second-order valence-electron chi connectivity index (χ2n) is 6.89. The molecular weight excluding hydrogens is 420 g/mol. The van der Waals surface area contributed by atoms with Gasteiger partial charge < -0.3 is 14.6 Å². The lowest BCUT2D eigenvalue weighted by molar-refractivity contribution is -0.00603. The van der Waals surface area contributed by atoms with E-state index < -0.39 is 11.9 Å². The Labute approximate surface area is 174 Å². The average molecular weight is 440 g/mol. The van der Waals surface area contributed by atoms with Gasteiger partial charge in [0, 0.05) is 36.4 Å². The van der Waals surface area contributed by atoms with Crippen LogP contribution in [0.2, 0.25) is 0 Å². The molecule has 1 aliphatic carbocycles. The number of nitrogens with zero attached hydrogens (tertiary/aromatic N) is 2. The Morgan fingerprint density at radius 1 is 1.41 bits per heavy atom. The van der Waals surface area contributed by atoms with E-state index >= 15 is 0 Å². The number of halogens is 2. The van der Waals surface area contributed by atoms with Gasteiger partial charge in [0.15, 0.2) is 0 Å². The third-order valence-corrected chi connectivity index (χ3v) is 6.82. The number of hydrogen-bond donors (Lipinski definition) is 2. The minimum Gasteiger partial charge on any atom is -0.495 e. The lowest BCUT2D eigenvalue weighted by atomic mass is 9.97. The highest BCUT2D eigenvalue weighted by Crippen LogP contribution is 2.40. The highest BCUT2D eigenvalue weighted by Gasteiger charge is 2.33. The molecule has 2 heterocycles. The Morgan fingerprint density at radius 2 is 2.24 bits per heavy atom. The lowest BCUT2D eigenvalue weighted by Gasteiger charge is -2.20. The number of hydrogen-bond acceptors (Lipinski definition) is 7. The average Bonchev–Trinajstić information content (AvgIpc) is 3.24. The summed E-state index contributed by atoms with van der Waals surface area (Å²) in [6, 6.07) is 4.66. The van der Waals surface area contributed by atoms with Crippen molar-refractivity contribution in [3.63, 3.8) is 0 Å². The number of aromatic nitrogens is 1. The monoisotopic (exact) mass is 439 g/mol. The van der Waals surface area contributed by atoms with Gasteiger partial charge in [0.1, 0.15) is 10.8 Å². The number of anilines is 1. The molecule has 0 atom stereocenters. The number of aromatic carboxylic acids is 1. The quantitative estimate of drug-likeness (QED) is 0.611. The standard InChI is InChI=1S/C19H19F2N3O3S2/c1-27-15-8-12(18(25)26)2-3-13(15)23-29-24-9-14-16(10-24)28-17(22-14)11-4-6-19(20,21)7-5-11/h2-4,8,23H,5-7,9-10H2,1H3,(H,25,26). The summed E-state index contributed by atoms with van der Waals surface area (Å²) in [5.41, 5.74) is 2.74. The number of carbonyl (C=O) groups is 1. The number of nitrogens with one attached hydrogen (secondary N) is 1. The van der Waals surface area contributed by atoms with Crippen molar-refractivity contribution in [1.29, 1.82) is 0 Å². The molecule has 0 amide bonds. The predicted octanol–water partition coefficient (Wildman–Crippen LogP) is 5.04. The fraction of sp³-hybridized carbons (Fsp3) is 0.368. The van der Waals surface area contributed by atoms with Crippen LogP contribution in [0.5, 0.6) is 5.75 Å². The van der Waals surface area contributed by atoms with Gasteiger partial charge in [-0.15, -0.1) is 11.3 Å². The maximum absolute atomic E-state index is 13.3. The topological polar surface area (TPSA) is 74.7 Å². The second kappa shape index (κ2) is 7.92. The number of allylic oxidation sites excluding steroid dienone is 2. The summed E-state index contributed by atoms with van der Waals surface area (Å²) < 4.78 is 37.2. The second-order valence-corrected chi connectivity index (χ2v) is 8.88. The van der Waals surface area contributed by atoms with Gasteiger partial charge in [0.05, 0.1) is 30.6 Å². The molecule has 2 N–H and O–H groups in total. The van der Waals surface area contributed by atoms with Crippen LogP contribution in [0.4, 0.5) is 14.5 Å². The van der Waals surface area contributed by atoms with Crippen LogP contribution in [-0.4, -0.2) is 33.4 Å². The molecule has 0 saturated heterocycles. The Balaban J connectivity index is 1.37. The van der Waals surface area contributed by atoms with Crippen LogP contribution >= 0.6 is 23.5 Å². The van der Waals surface area contributed by atoms with Gasteiger partial charge in [0.25, 0.3) is 5.92 Å². The molecule has 0 unspecified atom stereocenters. The van der Waals surface area contributed by atoms with E-state index in [1.807, 2.05) is 0 Å². The van der Waals surface area contributed by atoms with E-state index in [0.29, 0.717) is 30.9 Å². The molecule has 2 aliphatic rings. The minimum absolute atomic E-state index is 0.114. The molecule has 10 heteroatoms. The molecular formula is C19H19F2N3O3S2. The molecule has 2 aromatic rings. The van der Waals surface area contributed by atoms with E-state index in [-0.39, 0.29) is 18.4 Å². The van der Waals surface area contributed by atoms with Crippen molar-refractivity contribution in [2.45, 2.75) is 38.3 Å². The van der Waals surface area contributed by atoms with Crippen LogP contribution in [-0.2, 0) is 13.1 Å². The Bertz CT molecular complexity index is 954. The molecule has 0 spiro atoms. The SMILES string of the molecule is COc1cc(C(=O)O)ccc1NSN1Cc2nc(C3=CCC(F)(F)CC3)sc2C1. The fourth-order valence-corrected chi connectivity index (χ4v) is 5.24. The van der Waals surface area contributed by atoms with Crippen LogP contribution < -0.4 is 9.46 Å². The van der Waals surface area contributed by atoms with Gasteiger partial charge in [0.2, 0.25) is 0 Å². The highest BCUT2D eigenvalue weighted by atomic mass is 32.2. The van der Waals surface area contributed by atoms with Crippen molar-refractivity contribution in [3.8, 4) is 5.75 Å². The van der Waals surface area contributed by atoms with Gasteiger partial charge in [-0.1, -0.05) is 6.08 Å². The summed E-state index contributed by atoms with van der Waals surface area (Å²) >= 11 is 2.96. The largest absolute Gasteiger partial charge is 0.495 e. The van der Waals surface area contributed by atoms with Crippen molar-refractivity contribution in [3.05, 3.63) is 45.4 Å². The molecule has 0 fully saturated rings.